The molecular weight excluding hydrogens is 475 g/mol. The van der Waals surface area contributed by atoms with Crippen molar-refractivity contribution in [1.29, 1.82) is 0 Å². The summed E-state index contributed by atoms with van der Waals surface area (Å²) >= 11 is 0. The maximum absolute atomic E-state index is 13.6. The average molecular weight is 504 g/mol. The summed E-state index contributed by atoms with van der Waals surface area (Å²) in [5, 5.41) is 0. The van der Waals surface area contributed by atoms with Crippen LogP contribution in [0.2, 0.25) is 0 Å². The molecule has 3 aromatic heterocycles. The third kappa shape index (κ3) is 5.50. The molecule has 1 aliphatic heterocycles. The molecule has 0 radical (unpaired) electrons. The third-order valence-electron chi connectivity index (χ3n) is 6.03. The van der Waals surface area contributed by atoms with Crippen molar-refractivity contribution < 1.29 is 22.7 Å². The number of piperidine rings is 1. The van der Waals surface area contributed by atoms with Gasteiger partial charge in [-0.3, -0.25) is 19.3 Å². The Bertz CT molecular complexity index is 1340. The average Bonchev–Trinajstić information content (AvgIpc) is 2.79. The molecule has 0 saturated carbocycles. The minimum Gasteiger partial charge on any atom is -0.444 e. The molecular formula is C25H28F3N5O3. The van der Waals surface area contributed by atoms with Crippen LogP contribution in [0.4, 0.5) is 18.0 Å². The van der Waals surface area contributed by atoms with E-state index in [1.807, 2.05) is 0 Å². The molecule has 36 heavy (non-hydrogen) atoms. The minimum absolute atomic E-state index is 0.194. The van der Waals surface area contributed by atoms with Crippen LogP contribution in [0.25, 0.3) is 11.2 Å². The van der Waals surface area contributed by atoms with Gasteiger partial charge in [-0.1, -0.05) is 0 Å². The molecule has 0 spiro atoms. The predicted molar refractivity (Wildman–Crippen MR) is 127 cm³/mol. The summed E-state index contributed by atoms with van der Waals surface area (Å²) in [6.45, 7) is 7.48. The molecule has 1 aliphatic rings. The lowest BCUT2D eigenvalue weighted by Gasteiger charge is -2.33. The summed E-state index contributed by atoms with van der Waals surface area (Å²) in [7, 11) is 0. The lowest BCUT2D eigenvalue weighted by molar-refractivity contribution is -0.138. The van der Waals surface area contributed by atoms with Gasteiger partial charge in [0, 0.05) is 31.0 Å². The van der Waals surface area contributed by atoms with Gasteiger partial charge in [0.25, 0.3) is 5.56 Å². The molecule has 0 N–H and O–H groups in total. The van der Waals surface area contributed by atoms with Crippen LogP contribution in [0.15, 0.2) is 35.4 Å². The van der Waals surface area contributed by atoms with Gasteiger partial charge in [-0.25, -0.2) is 9.78 Å². The van der Waals surface area contributed by atoms with Gasteiger partial charge < -0.3 is 9.64 Å². The van der Waals surface area contributed by atoms with Gasteiger partial charge in [0.1, 0.15) is 11.1 Å². The van der Waals surface area contributed by atoms with Crippen LogP contribution >= 0.6 is 0 Å². The monoisotopic (exact) mass is 503 g/mol. The molecule has 4 heterocycles. The number of carbonyl (C=O) groups is 1. The largest absolute Gasteiger partial charge is 0.444 e. The highest BCUT2D eigenvalue weighted by Gasteiger charge is 2.34. The molecule has 3 aromatic rings. The second kappa shape index (κ2) is 9.51. The van der Waals surface area contributed by atoms with Crippen LogP contribution in [0.3, 0.4) is 0 Å². The van der Waals surface area contributed by atoms with Crippen molar-refractivity contribution in [1.82, 2.24) is 24.4 Å². The zero-order chi connectivity index (χ0) is 26.3. The van der Waals surface area contributed by atoms with Crippen LogP contribution < -0.4 is 5.56 Å². The number of rotatable bonds is 3. The number of fused-ring (bicyclic) bond motifs is 1. The summed E-state index contributed by atoms with van der Waals surface area (Å²) in [6, 6.07) is 3.83. The van der Waals surface area contributed by atoms with Gasteiger partial charge in [0.05, 0.1) is 23.5 Å². The van der Waals surface area contributed by atoms with Crippen LogP contribution in [-0.4, -0.2) is 49.2 Å². The van der Waals surface area contributed by atoms with E-state index in [0.717, 1.165) is 6.07 Å². The van der Waals surface area contributed by atoms with E-state index in [2.05, 4.69) is 15.0 Å². The summed E-state index contributed by atoms with van der Waals surface area (Å²) in [6.07, 6.45) is -1.18. The molecule has 1 amide bonds. The van der Waals surface area contributed by atoms with Gasteiger partial charge in [0.2, 0.25) is 0 Å². The number of hydrogen-bond donors (Lipinski definition) is 0. The zero-order valence-corrected chi connectivity index (χ0v) is 20.6. The Hall–Kier alpha value is -3.50. The van der Waals surface area contributed by atoms with Crippen molar-refractivity contribution in [2.24, 2.45) is 0 Å². The Kier molecular flexibility index (Phi) is 6.76. The number of alkyl halides is 3. The highest BCUT2D eigenvalue weighted by Crippen LogP contribution is 2.32. The number of hydrogen-bond acceptors (Lipinski definition) is 6. The Morgan fingerprint density at radius 3 is 2.50 bits per heavy atom. The van der Waals surface area contributed by atoms with E-state index in [1.54, 1.807) is 44.9 Å². The number of aryl methyl sites for hydroxylation is 1. The van der Waals surface area contributed by atoms with Crippen molar-refractivity contribution in [2.45, 2.75) is 64.8 Å². The lowest BCUT2D eigenvalue weighted by atomic mass is 9.90. The fourth-order valence-corrected chi connectivity index (χ4v) is 4.35. The van der Waals surface area contributed by atoms with Crippen molar-refractivity contribution >= 4 is 17.3 Å². The zero-order valence-electron chi connectivity index (χ0n) is 20.6. The van der Waals surface area contributed by atoms with E-state index in [4.69, 9.17) is 4.74 Å². The summed E-state index contributed by atoms with van der Waals surface area (Å²) < 4.78 is 47.5. The highest BCUT2D eigenvalue weighted by atomic mass is 19.4. The van der Waals surface area contributed by atoms with E-state index in [0.29, 0.717) is 42.7 Å². The minimum atomic E-state index is -4.61. The number of amides is 1. The van der Waals surface area contributed by atoms with Gasteiger partial charge >= 0.3 is 12.3 Å². The molecule has 1 saturated heterocycles. The normalized spacial score (nSPS) is 15.4. The molecule has 1 fully saturated rings. The fraction of sp³-hybridized carbons (Fsp3) is 0.480. The maximum Gasteiger partial charge on any atom is 0.418 e. The second-order valence-electron chi connectivity index (χ2n) is 9.95. The second-order valence-corrected chi connectivity index (χ2v) is 9.95. The van der Waals surface area contributed by atoms with Crippen LogP contribution in [0.1, 0.15) is 62.0 Å². The SMILES string of the molecule is Cc1cnc2cc(C3CCN(C(=O)OC(C)(C)C)CC3)c(=O)n(Cc3ncccc3C(F)(F)F)c2n1. The van der Waals surface area contributed by atoms with Gasteiger partial charge in [0.15, 0.2) is 5.65 Å². The Morgan fingerprint density at radius 1 is 1.17 bits per heavy atom. The molecule has 0 bridgehead atoms. The van der Waals surface area contributed by atoms with Gasteiger partial charge in [-0.2, -0.15) is 13.2 Å². The molecule has 0 atom stereocenters. The van der Waals surface area contributed by atoms with E-state index >= 15 is 0 Å². The summed E-state index contributed by atoms with van der Waals surface area (Å²) in [5.74, 6) is -0.194. The molecule has 0 unspecified atom stereocenters. The van der Waals surface area contributed by atoms with Crippen molar-refractivity contribution in [3.05, 3.63) is 63.5 Å². The van der Waals surface area contributed by atoms with Crippen molar-refractivity contribution in [3.8, 4) is 0 Å². The van der Waals surface area contributed by atoms with E-state index in [1.165, 1.54) is 16.8 Å². The predicted octanol–water partition coefficient (Wildman–Crippen LogP) is 4.68. The number of carbonyl (C=O) groups excluding carboxylic acids is 1. The molecule has 11 heteroatoms. The maximum atomic E-state index is 13.6. The number of ether oxygens (including phenoxy) is 1. The highest BCUT2D eigenvalue weighted by molar-refractivity contribution is 5.71. The standard InChI is InChI=1S/C25H28F3N5O3/c1-15-13-30-19-12-17(16-7-10-32(11-8-16)23(35)36-24(2,3)4)22(34)33(21(19)31-15)14-20-18(25(26,27)28)6-5-9-29-20/h5-6,9,12-13,16H,7-8,10-11,14H2,1-4H3. The molecule has 0 aliphatic carbocycles. The quantitative estimate of drug-likeness (QED) is 0.516. The number of halogens is 3. The molecule has 0 aromatic carbocycles. The Balaban J connectivity index is 1.70. The number of pyridine rings is 2. The van der Waals surface area contributed by atoms with Crippen molar-refractivity contribution in [3.63, 3.8) is 0 Å². The first kappa shape index (κ1) is 25.6. The fourth-order valence-electron chi connectivity index (χ4n) is 4.35. The molecule has 4 rings (SSSR count). The van der Waals surface area contributed by atoms with E-state index < -0.39 is 35.5 Å². The number of aromatic nitrogens is 4. The number of likely N-dealkylation sites (tertiary alicyclic amines) is 1. The summed E-state index contributed by atoms with van der Waals surface area (Å²) in [4.78, 5) is 40.4. The van der Waals surface area contributed by atoms with Crippen LogP contribution in [0, 0.1) is 6.92 Å². The van der Waals surface area contributed by atoms with E-state index in [9.17, 15) is 22.8 Å². The van der Waals surface area contributed by atoms with Crippen molar-refractivity contribution in [2.75, 3.05) is 13.1 Å². The first-order valence-electron chi connectivity index (χ1n) is 11.7. The van der Waals surface area contributed by atoms with Crippen LogP contribution in [-0.2, 0) is 17.5 Å². The molecule has 192 valence electrons. The number of nitrogens with zero attached hydrogens (tertiary/aromatic N) is 5. The van der Waals surface area contributed by atoms with Gasteiger partial charge in [-0.05, 0) is 64.7 Å². The smallest absolute Gasteiger partial charge is 0.418 e. The van der Waals surface area contributed by atoms with Gasteiger partial charge in [-0.15, -0.1) is 0 Å². The first-order chi connectivity index (χ1) is 16.8. The third-order valence-corrected chi connectivity index (χ3v) is 6.03. The Morgan fingerprint density at radius 2 is 1.86 bits per heavy atom. The Labute approximate surface area is 206 Å². The topological polar surface area (TPSA) is 90.2 Å². The summed E-state index contributed by atoms with van der Waals surface area (Å²) in [5.41, 5.74) is -0.632. The first-order valence-corrected chi connectivity index (χ1v) is 11.7. The molecule has 8 nitrogen and oxygen atoms in total. The van der Waals surface area contributed by atoms with E-state index in [-0.39, 0.29) is 17.3 Å². The lowest BCUT2D eigenvalue weighted by Crippen LogP contribution is -2.42. The van der Waals surface area contributed by atoms with Crippen LogP contribution in [0.5, 0.6) is 0 Å².